The molecule has 0 aliphatic rings. The van der Waals surface area contributed by atoms with Gasteiger partial charge in [0.1, 0.15) is 5.75 Å². The standard InChI is InChI=1S/C16H19N5O2S/c1-9-15(10(2)21(3)20-9)19-14(22)8-24-16-17-12-6-5-11(23-4)7-13(12)18-16/h5-7H,8H2,1-4H3,(H,17,18)(H,19,22). The Morgan fingerprint density at radius 2 is 2.21 bits per heavy atom. The second-order valence-corrected chi connectivity index (χ2v) is 6.40. The van der Waals surface area contributed by atoms with Gasteiger partial charge in [-0.2, -0.15) is 5.10 Å². The van der Waals surface area contributed by atoms with Crippen LogP contribution in [0.2, 0.25) is 0 Å². The molecule has 8 heteroatoms. The molecule has 2 heterocycles. The Balaban J connectivity index is 1.65. The SMILES string of the molecule is COc1ccc2nc(SCC(=O)Nc3c(C)nn(C)c3C)[nH]c2c1. The molecule has 24 heavy (non-hydrogen) atoms. The third-order valence-electron chi connectivity index (χ3n) is 3.78. The van der Waals surface area contributed by atoms with Gasteiger partial charge in [-0.1, -0.05) is 11.8 Å². The molecule has 0 aliphatic carbocycles. The van der Waals surface area contributed by atoms with E-state index in [4.69, 9.17) is 4.74 Å². The number of fused-ring (bicyclic) bond motifs is 1. The van der Waals surface area contributed by atoms with Crippen molar-refractivity contribution in [2.24, 2.45) is 7.05 Å². The normalized spacial score (nSPS) is 11.0. The summed E-state index contributed by atoms with van der Waals surface area (Å²) in [7, 11) is 3.48. The summed E-state index contributed by atoms with van der Waals surface area (Å²) in [6, 6.07) is 5.63. The van der Waals surface area contributed by atoms with Gasteiger partial charge in [0.2, 0.25) is 5.91 Å². The highest BCUT2D eigenvalue weighted by Crippen LogP contribution is 2.24. The average Bonchev–Trinajstić information content (AvgIpc) is 3.08. The summed E-state index contributed by atoms with van der Waals surface area (Å²) >= 11 is 1.36. The minimum atomic E-state index is -0.0859. The number of rotatable bonds is 5. The van der Waals surface area contributed by atoms with Crippen molar-refractivity contribution in [1.82, 2.24) is 19.7 Å². The number of carbonyl (C=O) groups excluding carboxylic acids is 1. The number of hydrogen-bond acceptors (Lipinski definition) is 5. The zero-order valence-corrected chi connectivity index (χ0v) is 14.8. The van der Waals surface area contributed by atoms with Gasteiger partial charge in [0, 0.05) is 13.1 Å². The second kappa shape index (κ2) is 6.56. The van der Waals surface area contributed by atoms with E-state index in [-0.39, 0.29) is 11.7 Å². The van der Waals surface area contributed by atoms with Crippen LogP contribution in [0.3, 0.4) is 0 Å². The fraction of sp³-hybridized carbons (Fsp3) is 0.312. The monoisotopic (exact) mass is 345 g/mol. The van der Waals surface area contributed by atoms with Crippen LogP contribution in [0, 0.1) is 13.8 Å². The number of methoxy groups -OCH3 is 1. The summed E-state index contributed by atoms with van der Waals surface area (Å²) < 4.78 is 6.95. The van der Waals surface area contributed by atoms with Gasteiger partial charge in [-0.3, -0.25) is 9.48 Å². The van der Waals surface area contributed by atoms with Crippen molar-refractivity contribution < 1.29 is 9.53 Å². The number of anilines is 1. The molecule has 0 unspecified atom stereocenters. The van der Waals surface area contributed by atoms with Crippen LogP contribution in [0.15, 0.2) is 23.4 Å². The number of aromatic nitrogens is 4. The third kappa shape index (κ3) is 3.23. The molecule has 0 radical (unpaired) electrons. The summed E-state index contributed by atoms with van der Waals surface area (Å²) in [6.07, 6.45) is 0. The highest BCUT2D eigenvalue weighted by Gasteiger charge is 2.13. The fourth-order valence-corrected chi connectivity index (χ4v) is 3.11. The first-order chi connectivity index (χ1) is 11.5. The molecule has 2 N–H and O–H groups in total. The smallest absolute Gasteiger partial charge is 0.234 e. The maximum absolute atomic E-state index is 12.2. The summed E-state index contributed by atoms with van der Waals surface area (Å²) in [5.41, 5.74) is 4.25. The van der Waals surface area contributed by atoms with Crippen molar-refractivity contribution in [1.29, 1.82) is 0 Å². The van der Waals surface area contributed by atoms with Crippen molar-refractivity contribution in [2.75, 3.05) is 18.2 Å². The summed E-state index contributed by atoms with van der Waals surface area (Å²) in [5.74, 6) is 0.949. The lowest BCUT2D eigenvalue weighted by Gasteiger charge is -2.04. The van der Waals surface area contributed by atoms with E-state index in [2.05, 4.69) is 20.4 Å². The van der Waals surface area contributed by atoms with E-state index in [1.807, 2.05) is 39.1 Å². The Labute approximate surface area is 143 Å². The van der Waals surface area contributed by atoms with E-state index in [0.29, 0.717) is 5.16 Å². The number of nitrogens with zero attached hydrogens (tertiary/aromatic N) is 3. The van der Waals surface area contributed by atoms with Crippen LogP contribution in [-0.4, -0.2) is 38.5 Å². The Morgan fingerprint density at radius 3 is 2.88 bits per heavy atom. The van der Waals surface area contributed by atoms with Crippen LogP contribution >= 0.6 is 11.8 Å². The molecule has 0 saturated heterocycles. The number of aryl methyl sites for hydroxylation is 2. The Morgan fingerprint density at radius 1 is 1.42 bits per heavy atom. The number of hydrogen-bond donors (Lipinski definition) is 2. The predicted molar refractivity (Wildman–Crippen MR) is 94.7 cm³/mol. The van der Waals surface area contributed by atoms with E-state index >= 15 is 0 Å². The van der Waals surface area contributed by atoms with Crippen molar-refractivity contribution in [3.8, 4) is 5.75 Å². The first-order valence-electron chi connectivity index (χ1n) is 7.44. The molecule has 0 saturated carbocycles. The van der Waals surface area contributed by atoms with E-state index in [0.717, 1.165) is 33.9 Å². The van der Waals surface area contributed by atoms with Crippen LogP contribution in [0.5, 0.6) is 5.75 Å². The first-order valence-corrected chi connectivity index (χ1v) is 8.43. The molecular formula is C16H19N5O2S. The van der Waals surface area contributed by atoms with Crippen LogP contribution in [0.4, 0.5) is 5.69 Å². The largest absolute Gasteiger partial charge is 0.497 e. The quantitative estimate of drug-likeness (QED) is 0.695. The summed E-state index contributed by atoms with van der Waals surface area (Å²) in [4.78, 5) is 19.8. The maximum Gasteiger partial charge on any atom is 0.234 e. The number of ether oxygens (including phenoxy) is 1. The lowest BCUT2D eigenvalue weighted by Crippen LogP contribution is -2.15. The molecule has 0 bridgehead atoms. The van der Waals surface area contributed by atoms with Gasteiger partial charge in [-0.25, -0.2) is 4.98 Å². The molecule has 0 spiro atoms. The number of thioether (sulfide) groups is 1. The third-order valence-corrected chi connectivity index (χ3v) is 4.65. The molecule has 3 rings (SSSR count). The molecular weight excluding hydrogens is 326 g/mol. The van der Waals surface area contributed by atoms with E-state index in [1.165, 1.54) is 11.8 Å². The van der Waals surface area contributed by atoms with Crippen LogP contribution < -0.4 is 10.1 Å². The van der Waals surface area contributed by atoms with Crippen molar-refractivity contribution in [3.63, 3.8) is 0 Å². The molecule has 3 aromatic rings. The van der Waals surface area contributed by atoms with Crippen LogP contribution in [-0.2, 0) is 11.8 Å². The Bertz CT molecular complexity index is 899. The van der Waals surface area contributed by atoms with Gasteiger partial charge in [0.25, 0.3) is 0 Å². The Kier molecular flexibility index (Phi) is 4.48. The first kappa shape index (κ1) is 16.4. The zero-order chi connectivity index (χ0) is 17.3. The van der Waals surface area contributed by atoms with E-state index < -0.39 is 0 Å². The number of benzene rings is 1. The molecule has 0 atom stereocenters. The van der Waals surface area contributed by atoms with Gasteiger partial charge in [-0.15, -0.1) is 0 Å². The van der Waals surface area contributed by atoms with E-state index in [1.54, 1.807) is 11.8 Å². The average molecular weight is 345 g/mol. The molecule has 2 aromatic heterocycles. The van der Waals surface area contributed by atoms with Gasteiger partial charge in [0.05, 0.1) is 41.0 Å². The topological polar surface area (TPSA) is 84.8 Å². The molecule has 0 aliphatic heterocycles. The van der Waals surface area contributed by atoms with Crippen molar-refractivity contribution in [2.45, 2.75) is 19.0 Å². The highest BCUT2D eigenvalue weighted by atomic mass is 32.2. The number of imidazole rings is 1. The fourth-order valence-electron chi connectivity index (χ4n) is 2.42. The lowest BCUT2D eigenvalue weighted by molar-refractivity contribution is -0.113. The number of aromatic amines is 1. The number of nitrogens with one attached hydrogen (secondary N) is 2. The molecule has 126 valence electrons. The lowest BCUT2D eigenvalue weighted by atomic mass is 10.3. The zero-order valence-electron chi connectivity index (χ0n) is 14.0. The Hall–Kier alpha value is -2.48. The van der Waals surface area contributed by atoms with Gasteiger partial charge in [-0.05, 0) is 26.0 Å². The van der Waals surface area contributed by atoms with Crippen LogP contribution in [0.1, 0.15) is 11.4 Å². The highest BCUT2D eigenvalue weighted by molar-refractivity contribution is 7.99. The molecule has 1 amide bonds. The van der Waals surface area contributed by atoms with Gasteiger partial charge in [0.15, 0.2) is 5.16 Å². The second-order valence-electron chi connectivity index (χ2n) is 5.43. The van der Waals surface area contributed by atoms with Crippen molar-refractivity contribution >= 4 is 34.4 Å². The number of H-pyrrole nitrogens is 1. The maximum atomic E-state index is 12.2. The molecule has 7 nitrogen and oxygen atoms in total. The predicted octanol–water partition coefficient (Wildman–Crippen LogP) is 2.65. The van der Waals surface area contributed by atoms with Crippen molar-refractivity contribution in [3.05, 3.63) is 29.6 Å². The van der Waals surface area contributed by atoms with Gasteiger partial charge >= 0.3 is 0 Å². The minimum Gasteiger partial charge on any atom is -0.497 e. The van der Waals surface area contributed by atoms with Gasteiger partial charge < -0.3 is 15.0 Å². The summed E-state index contributed by atoms with van der Waals surface area (Å²) in [5, 5.41) is 7.91. The minimum absolute atomic E-state index is 0.0859. The molecule has 1 aromatic carbocycles. The van der Waals surface area contributed by atoms with Crippen LogP contribution in [0.25, 0.3) is 11.0 Å². The molecule has 0 fully saturated rings. The summed E-state index contributed by atoms with van der Waals surface area (Å²) in [6.45, 7) is 3.80. The van der Waals surface area contributed by atoms with E-state index in [9.17, 15) is 4.79 Å². The number of amides is 1. The number of carbonyl (C=O) groups is 1.